The van der Waals surface area contributed by atoms with Crippen molar-refractivity contribution in [3.05, 3.63) is 94.0 Å². The van der Waals surface area contributed by atoms with Crippen LogP contribution < -0.4 is 10.6 Å². The third kappa shape index (κ3) is 6.79. The van der Waals surface area contributed by atoms with E-state index in [-0.39, 0.29) is 5.69 Å². The van der Waals surface area contributed by atoms with Crippen molar-refractivity contribution < 1.29 is 31.5 Å². The van der Waals surface area contributed by atoms with Crippen LogP contribution in [0.5, 0.6) is 0 Å². The number of amides is 2. The predicted molar refractivity (Wildman–Crippen MR) is 155 cm³/mol. The summed E-state index contributed by atoms with van der Waals surface area (Å²) >= 11 is 6.20. The van der Waals surface area contributed by atoms with Crippen molar-refractivity contribution in [2.24, 2.45) is 11.8 Å². The minimum atomic E-state index is -4.78. The summed E-state index contributed by atoms with van der Waals surface area (Å²) in [4.78, 5) is 28.2. The van der Waals surface area contributed by atoms with Gasteiger partial charge in [0.05, 0.1) is 17.9 Å². The summed E-state index contributed by atoms with van der Waals surface area (Å²) < 4.78 is 72.2. The Hall–Kier alpha value is -3.66. The lowest BCUT2D eigenvalue weighted by atomic mass is 9.78. The van der Waals surface area contributed by atoms with Gasteiger partial charge in [-0.15, -0.1) is 0 Å². The van der Waals surface area contributed by atoms with E-state index in [1.807, 2.05) is 0 Å². The molecule has 2 fully saturated rings. The number of carbonyl (C=O) groups is 2. The Balaban J connectivity index is 1.56. The molecule has 2 amide bonds. The third-order valence-electron chi connectivity index (χ3n) is 8.33. The van der Waals surface area contributed by atoms with E-state index in [1.165, 1.54) is 6.07 Å². The van der Waals surface area contributed by atoms with Crippen molar-refractivity contribution in [1.29, 1.82) is 0 Å². The first-order chi connectivity index (χ1) is 20.4. The second kappa shape index (κ2) is 12.5. The van der Waals surface area contributed by atoms with Gasteiger partial charge in [-0.3, -0.25) is 9.59 Å². The van der Waals surface area contributed by atoms with Crippen LogP contribution in [0.3, 0.4) is 0 Å². The van der Waals surface area contributed by atoms with Gasteiger partial charge in [0.1, 0.15) is 17.2 Å². The highest BCUT2D eigenvalue weighted by Crippen LogP contribution is 2.45. The number of alkyl halides is 3. The fourth-order valence-electron chi connectivity index (χ4n) is 6.02. The van der Waals surface area contributed by atoms with Crippen LogP contribution in [0.4, 0.5) is 33.3 Å². The smallest absolute Gasteiger partial charge is 0.382 e. The first-order valence-corrected chi connectivity index (χ1v) is 14.6. The summed E-state index contributed by atoms with van der Waals surface area (Å²) in [6.45, 7) is 0.887. The second-order valence-electron chi connectivity index (χ2n) is 11.3. The fourth-order valence-corrected chi connectivity index (χ4v) is 6.20. The molecule has 228 valence electrons. The molecule has 3 aromatic rings. The molecule has 5 rings (SSSR count). The largest absolute Gasteiger partial charge is 0.393 e. The zero-order valence-corrected chi connectivity index (χ0v) is 24.1. The van der Waals surface area contributed by atoms with Gasteiger partial charge in [-0.05, 0) is 73.7 Å². The average molecular weight is 620 g/mol. The number of nitrogens with one attached hydrogen (secondary N) is 2. The molecule has 1 saturated carbocycles. The molecule has 43 heavy (non-hydrogen) atoms. The number of rotatable bonds is 6. The zero-order valence-electron chi connectivity index (χ0n) is 23.4. The minimum Gasteiger partial charge on any atom is -0.382 e. The van der Waals surface area contributed by atoms with E-state index in [0.29, 0.717) is 16.6 Å². The van der Waals surface area contributed by atoms with Gasteiger partial charge >= 0.3 is 6.18 Å². The van der Waals surface area contributed by atoms with Crippen LogP contribution in [0.2, 0.25) is 5.02 Å². The molecule has 5 nitrogen and oxygen atoms in total. The van der Waals surface area contributed by atoms with E-state index in [0.717, 1.165) is 60.0 Å². The van der Waals surface area contributed by atoms with Gasteiger partial charge in [0, 0.05) is 29.0 Å². The summed E-state index contributed by atoms with van der Waals surface area (Å²) in [6, 6.07) is 13.3. The van der Waals surface area contributed by atoms with Gasteiger partial charge in [-0.1, -0.05) is 48.7 Å². The average Bonchev–Trinajstić information content (AvgIpc) is 3.47. The molecule has 2 N–H and O–H groups in total. The summed E-state index contributed by atoms with van der Waals surface area (Å²) in [5, 5.41) is 6.42. The fraction of sp³-hybridized carbons (Fsp3) is 0.375. The first kappa shape index (κ1) is 30.8. The monoisotopic (exact) mass is 619 g/mol. The molecule has 3 unspecified atom stereocenters. The van der Waals surface area contributed by atoms with Crippen molar-refractivity contribution in [2.45, 2.75) is 57.3 Å². The molecule has 0 spiro atoms. The second-order valence-corrected chi connectivity index (χ2v) is 11.7. The number of halogens is 6. The van der Waals surface area contributed by atoms with Crippen LogP contribution >= 0.6 is 11.6 Å². The number of hydrogen-bond acceptors (Lipinski definition) is 3. The molecular weight excluding hydrogens is 589 g/mol. The van der Waals surface area contributed by atoms with Crippen LogP contribution in [-0.4, -0.2) is 35.5 Å². The number of hydrogen-bond donors (Lipinski definition) is 2. The van der Waals surface area contributed by atoms with Crippen LogP contribution in [0.15, 0.2) is 60.7 Å². The number of nitrogens with zero attached hydrogens (tertiary/aromatic N) is 1. The number of anilines is 2. The lowest BCUT2D eigenvalue weighted by molar-refractivity contribution is -0.193. The molecule has 0 aromatic heterocycles. The summed E-state index contributed by atoms with van der Waals surface area (Å²) in [5.74, 6) is -7.97. The summed E-state index contributed by atoms with van der Waals surface area (Å²) in [5.41, 5.74) is 1.18. The van der Waals surface area contributed by atoms with Gasteiger partial charge in [0.2, 0.25) is 5.91 Å². The maximum atomic E-state index is 14.8. The van der Waals surface area contributed by atoms with Gasteiger partial charge < -0.3 is 15.5 Å². The molecule has 11 heteroatoms. The van der Waals surface area contributed by atoms with E-state index >= 15 is 0 Å². The van der Waals surface area contributed by atoms with E-state index in [1.54, 1.807) is 43.3 Å². The van der Waals surface area contributed by atoms with Crippen LogP contribution in [0.1, 0.15) is 59.6 Å². The standard InChI is InChI=1S/C32H31ClF5N3O2/c1-18-9-12-23(16-25(18)33)40-30(42)24-15-20(32(36,37)38)17-41(31(43)28-26(34)7-4-8-27(28)35)29(24)19-10-13-22(14-11-19)39-21-5-2-3-6-21/h4,7-14,16,20-21,24,29,39H,2-3,5-6,15,17H2,1H3,(H,40,42). The van der Waals surface area contributed by atoms with Gasteiger partial charge in [-0.25, -0.2) is 8.78 Å². The highest BCUT2D eigenvalue weighted by atomic mass is 35.5. The van der Waals surface area contributed by atoms with Gasteiger partial charge in [0.25, 0.3) is 5.91 Å². The molecule has 3 aromatic carbocycles. The lowest BCUT2D eigenvalue weighted by Crippen LogP contribution is -2.52. The first-order valence-electron chi connectivity index (χ1n) is 14.2. The van der Waals surface area contributed by atoms with Crippen molar-refractivity contribution in [2.75, 3.05) is 17.2 Å². The number of benzene rings is 3. The maximum Gasteiger partial charge on any atom is 0.393 e. The molecule has 1 heterocycles. The van der Waals surface area contributed by atoms with Crippen molar-refractivity contribution in [3.8, 4) is 0 Å². The normalized spacial score (nSPS) is 21.1. The maximum absolute atomic E-state index is 14.8. The molecule has 0 radical (unpaired) electrons. The third-order valence-corrected chi connectivity index (χ3v) is 8.73. The lowest BCUT2D eigenvalue weighted by Gasteiger charge is -2.44. The Bertz CT molecular complexity index is 1470. The Morgan fingerprint density at radius 1 is 0.930 bits per heavy atom. The topological polar surface area (TPSA) is 61.4 Å². The van der Waals surface area contributed by atoms with Crippen molar-refractivity contribution >= 4 is 34.8 Å². The van der Waals surface area contributed by atoms with Crippen molar-refractivity contribution in [3.63, 3.8) is 0 Å². The van der Waals surface area contributed by atoms with Crippen LogP contribution in [0.25, 0.3) is 0 Å². The van der Waals surface area contributed by atoms with E-state index in [4.69, 9.17) is 11.6 Å². The molecule has 1 saturated heterocycles. The molecule has 1 aliphatic carbocycles. The Labute approximate surface area is 251 Å². The van der Waals surface area contributed by atoms with E-state index in [9.17, 15) is 31.5 Å². The van der Waals surface area contributed by atoms with Gasteiger partial charge in [-0.2, -0.15) is 13.2 Å². The molecule has 1 aliphatic heterocycles. The van der Waals surface area contributed by atoms with E-state index < -0.39 is 66.0 Å². The van der Waals surface area contributed by atoms with E-state index in [2.05, 4.69) is 10.6 Å². The highest BCUT2D eigenvalue weighted by molar-refractivity contribution is 6.31. The minimum absolute atomic E-state index is 0.266. The van der Waals surface area contributed by atoms with Crippen LogP contribution in [-0.2, 0) is 4.79 Å². The Kier molecular flexibility index (Phi) is 8.96. The highest BCUT2D eigenvalue weighted by Gasteiger charge is 2.52. The quantitative estimate of drug-likeness (QED) is 0.273. The SMILES string of the molecule is Cc1ccc(NC(=O)C2CC(C(F)(F)F)CN(C(=O)c3c(F)cccc3F)C2c2ccc(NC3CCCC3)cc2)cc1Cl. The molecule has 2 aliphatic rings. The van der Waals surface area contributed by atoms with Crippen LogP contribution in [0, 0.1) is 30.4 Å². The Morgan fingerprint density at radius 3 is 2.16 bits per heavy atom. The molecular formula is C32H31ClF5N3O2. The van der Waals surface area contributed by atoms with Gasteiger partial charge in [0.15, 0.2) is 0 Å². The predicted octanol–water partition coefficient (Wildman–Crippen LogP) is 8.30. The number of aryl methyl sites for hydroxylation is 1. The zero-order chi connectivity index (χ0) is 30.9. The number of carbonyl (C=O) groups excluding carboxylic acids is 2. The molecule has 3 atom stereocenters. The summed E-state index contributed by atoms with van der Waals surface area (Å²) in [7, 11) is 0. The number of likely N-dealkylation sites (tertiary alicyclic amines) is 1. The summed E-state index contributed by atoms with van der Waals surface area (Å²) in [6.07, 6.45) is -1.14. The Morgan fingerprint density at radius 2 is 1.56 bits per heavy atom. The number of piperidine rings is 1. The molecule has 0 bridgehead atoms. The van der Waals surface area contributed by atoms with Crippen molar-refractivity contribution in [1.82, 2.24) is 4.90 Å².